The Bertz CT molecular complexity index is 884. The lowest BCUT2D eigenvalue weighted by Gasteiger charge is -2.26. The number of nitrogens with zero attached hydrogens (tertiary/aromatic N) is 3. The van der Waals surface area contributed by atoms with Crippen LogP contribution in [-0.2, 0) is 11.3 Å². The molecule has 0 aliphatic carbocycles. The fourth-order valence-electron chi connectivity index (χ4n) is 3.01. The number of anilines is 1. The van der Waals surface area contributed by atoms with Gasteiger partial charge in [-0.15, -0.1) is 11.3 Å². The average molecular weight is 354 g/mol. The van der Waals surface area contributed by atoms with Crippen LogP contribution in [0.2, 0.25) is 0 Å². The number of hydrogen-bond donors (Lipinski definition) is 1. The lowest BCUT2D eigenvalue weighted by molar-refractivity contribution is -0.119. The number of hydrogen-bond acceptors (Lipinski definition) is 4. The van der Waals surface area contributed by atoms with Crippen LogP contribution in [0.1, 0.15) is 35.3 Å². The molecule has 128 valence electrons. The third-order valence-corrected chi connectivity index (χ3v) is 5.11. The van der Waals surface area contributed by atoms with E-state index in [1.807, 2.05) is 34.3 Å². The molecule has 1 aliphatic rings. The van der Waals surface area contributed by atoms with E-state index in [0.717, 1.165) is 35.7 Å². The highest BCUT2D eigenvalue weighted by atomic mass is 32.1. The number of piperidine rings is 1. The number of imidazole rings is 1. The van der Waals surface area contributed by atoms with Gasteiger partial charge in [0, 0.05) is 42.0 Å². The van der Waals surface area contributed by atoms with Gasteiger partial charge in [0.2, 0.25) is 5.91 Å². The second-order valence-electron chi connectivity index (χ2n) is 6.06. The Balaban J connectivity index is 1.40. The molecule has 3 aromatic rings. The van der Waals surface area contributed by atoms with Crippen LogP contribution < -0.4 is 10.2 Å². The van der Waals surface area contributed by atoms with E-state index in [-0.39, 0.29) is 11.8 Å². The van der Waals surface area contributed by atoms with E-state index in [2.05, 4.69) is 10.3 Å². The smallest absolute Gasteiger partial charge is 0.251 e. The molecule has 1 aromatic carbocycles. The van der Waals surface area contributed by atoms with Crippen LogP contribution in [0.25, 0.3) is 4.96 Å². The monoisotopic (exact) mass is 354 g/mol. The number of carbonyl (C=O) groups excluding carboxylic acids is 2. The van der Waals surface area contributed by atoms with Crippen LogP contribution in [0.3, 0.4) is 0 Å². The summed E-state index contributed by atoms with van der Waals surface area (Å²) in [5, 5.41) is 4.85. The van der Waals surface area contributed by atoms with Gasteiger partial charge in [-0.1, -0.05) is 0 Å². The summed E-state index contributed by atoms with van der Waals surface area (Å²) < 4.78 is 1.94. The number of thiazole rings is 1. The Labute approximate surface area is 149 Å². The largest absolute Gasteiger partial charge is 0.346 e. The molecule has 3 heterocycles. The summed E-state index contributed by atoms with van der Waals surface area (Å²) >= 11 is 1.56. The topological polar surface area (TPSA) is 66.7 Å². The highest BCUT2D eigenvalue weighted by Gasteiger charge is 2.19. The first-order chi connectivity index (χ1) is 12.2. The first-order valence-electron chi connectivity index (χ1n) is 8.30. The van der Waals surface area contributed by atoms with E-state index >= 15 is 0 Å². The lowest BCUT2D eigenvalue weighted by Crippen LogP contribution is -2.35. The van der Waals surface area contributed by atoms with Gasteiger partial charge in [-0.3, -0.25) is 14.0 Å². The minimum Gasteiger partial charge on any atom is -0.346 e. The molecule has 1 aliphatic heterocycles. The number of carbonyl (C=O) groups is 2. The first kappa shape index (κ1) is 15.8. The Morgan fingerprint density at radius 2 is 2.08 bits per heavy atom. The number of benzene rings is 1. The molecule has 0 unspecified atom stereocenters. The fourth-order valence-corrected chi connectivity index (χ4v) is 3.72. The first-order valence-corrected chi connectivity index (χ1v) is 9.18. The van der Waals surface area contributed by atoms with Crippen molar-refractivity contribution in [1.82, 2.24) is 14.7 Å². The van der Waals surface area contributed by atoms with Crippen molar-refractivity contribution in [3.8, 4) is 0 Å². The molecule has 25 heavy (non-hydrogen) atoms. The van der Waals surface area contributed by atoms with Crippen molar-refractivity contribution >= 4 is 33.8 Å². The number of aromatic nitrogens is 2. The molecular formula is C18H18N4O2S. The number of amides is 2. The molecule has 7 heteroatoms. The summed E-state index contributed by atoms with van der Waals surface area (Å²) in [7, 11) is 0. The molecule has 0 bridgehead atoms. The fraction of sp³-hybridized carbons (Fsp3) is 0.278. The molecule has 0 spiro atoms. The van der Waals surface area contributed by atoms with Gasteiger partial charge < -0.3 is 10.2 Å². The number of fused-ring (bicyclic) bond motifs is 1. The van der Waals surface area contributed by atoms with E-state index in [1.165, 1.54) is 0 Å². The van der Waals surface area contributed by atoms with Crippen molar-refractivity contribution in [2.45, 2.75) is 25.8 Å². The Kier molecular flexibility index (Phi) is 4.23. The maximum absolute atomic E-state index is 12.3. The Morgan fingerprint density at radius 1 is 1.24 bits per heavy atom. The third kappa shape index (κ3) is 3.28. The number of rotatable bonds is 4. The molecule has 0 radical (unpaired) electrons. The maximum Gasteiger partial charge on any atom is 0.251 e. The van der Waals surface area contributed by atoms with Gasteiger partial charge >= 0.3 is 0 Å². The van der Waals surface area contributed by atoms with Crippen molar-refractivity contribution in [1.29, 1.82) is 0 Å². The van der Waals surface area contributed by atoms with Crippen LogP contribution >= 0.6 is 11.3 Å². The van der Waals surface area contributed by atoms with Gasteiger partial charge in [-0.2, -0.15) is 0 Å². The molecule has 0 saturated carbocycles. The molecule has 1 fully saturated rings. The molecule has 0 atom stereocenters. The van der Waals surface area contributed by atoms with Crippen LogP contribution in [0.5, 0.6) is 0 Å². The van der Waals surface area contributed by atoms with E-state index in [1.54, 1.807) is 28.4 Å². The van der Waals surface area contributed by atoms with Gasteiger partial charge in [0.25, 0.3) is 5.91 Å². The summed E-state index contributed by atoms with van der Waals surface area (Å²) in [6, 6.07) is 7.20. The molecule has 6 nitrogen and oxygen atoms in total. The lowest BCUT2D eigenvalue weighted by atomic mass is 10.1. The average Bonchev–Trinajstić information content (AvgIpc) is 3.22. The van der Waals surface area contributed by atoms with Crippen molar-refractivity contribution in [2.75, 3.05) is 11.4 Å². The quantitative estimate of drug-likeness (QED) is 0.783. The van der Waals surface area contributed by atoms with Crippen LogP contribution in [0.4, 0.5) is 5.69 Å². The van der Waals surface area contributed by atoms with E-state index < -0.39 is 0 Å². The van der Waals surface area contributed by atoms with Crippen LogP contribution in [-0.4, -0.2) is 27.7 Å². The zero-order chi connectivity index (χ0) is 17.2. The summed E-state index contributed by atoms with van der Waals surface area (Å²) in [5.74, 6) is 0.0103. The van der Waals surface area contributed by atoms with Gasteiger partial charge in [-0.05, 0) is 37.1 Å². The molecular weight excluding hydrogens is 336 g/mol. The number of nitrogens with one attached hydrogen (secondary N) is 1. The molecule has 4 rings (SSSR count). The molecule has 1 saturated heterocycles. The molecule has 2 amide bonds. The van der Waals surface area contributed by atoms with Crippen molar-refractivity contribution in [3.05, 3.63) is 53.3 Å². The second kappa shape index (κ2) is 6.68. The SMILES string of the molecule is O=C(NCc1cn2ccsc2n1)c1ccc(N2CCCCC2=O)cc1. The summed E-state index contributed by atoms with van der Waals surface area (Å²) in [4.78, 5) is 31.4. The van der Waals surface area contributed by atoms with E-state index in [4.69, 9.17) is 0 Å². The predicted octanol–water partition coefficient (Wildman–Crippen LogP) is 2.84. The van der Waals surface area contributed by atoms with Crippen LogP contribution in [0, 0.1) is 0 Å². The van der Waals surface area contributed by atoms with Crippen molar-refractivity contribution in [2.24, 2.45) is 0 Å². The van der Waals surface area contributed by atoms with Crippen molar-refractivity contribution < 1.29 is 9.59 Å². The van der Waals surface area contributed by atoms with E-state index in [0.29, 0.717) is 18.5 Å². The molecule has 2 aromatic heterocycles. The van der Waals surface area contributed by atoms with Gasteiger partial charge in [-0.25, -0.2) is 4.98 Å². The minimum absolute atomic E-state index is 0.145. The Morgan fingerprint density at radius 3 is 2.84 bits per heavy atom. The molecule has 1 N–H and O–H groups in total. The maximum atomic E-state index is 12.3. The van der Waals surface area contributed by atoms with Crippen LogP contribution in [0.15, 0.2) is 42.0 Å². The summed E-state index contributed by atoms with van der Waals surface area (Å²) in [5.41, 5.74) is 2.26. The normalized spacial score (nSPS) is 14.9. The van der Waals surface area contributed by atoms with Crippen molar-refractivity contribution in [3.63, 3.8) is 0 Å². The third-order valence-electron chi connectivity index (χ3n) is 4.34. The summed E-state index contributed by atoms with van der Waals surface area (Å²) in [6.07, 6.45) is 6.44. The zero-order valence-corrected chi connectivity index (χ0v) is 14.5. The standard InChI is InChI=1S/C18H18N4O2S/c23-16-3-1-2-8-22(16)15-6-4-13(5-7-15)17(24)19-11-14-12-21-9-10-25-18(21)20-14/h4-7,9-10,12H,1-3,8,11H2,(H,19,24). The highest BCUT2D eigenvalue weighted by Crippen LogP contribution is 2.21. The summed E-state index contributed by atoms with van der Waals surface area (Å²) in [6.45, 7) is 1.14. The Hall–Kier alpha value is -2.67. The van der Waals surface area contributed by atoms with Gasteiger partial charge in [0.05, 0.1) is 12.2 Å². The van der Waals surface area contributed by atoms with Gasteiger partial charge in [0.15, 0.2) is 4.96 Å². The second-order valence-corrected chi connectivity index (χ2v) is 6.93. The predicted molar refractivity (Wildman–Crippen MR) is 96.9 cm³/mol. The van der Waals surface area contributed by atoms with Gasteiger partial charge in [0.1, 0.15) is 0 Å². The zero-order valence-electron chi connectivity index (χ0n) is 13.6. The highest BCUT2D eigenvalue weighted by molar-refractivity contribution is 7.15. The minimum atomic E-state index is -0.145. The van der Waals surface area contributed by atoms with E-state index in [9.17, 15) is 9.59 Å².